The van der Waals surface area contributed by atoms with E-state index in [1.54, 1.807) is 18.2 Å². The first kappa shape index (κ1) is 15.4. The second kappa shape index (κ2) is 6.41. The van der Waals surface area contributed by atoms with E-state index in [1.165, 1.54) is 4.57 Å². The number of aromatic nitrogens is 1. The van der Waals surface area contributed by atoms with Crippen LogP contribution in [0.4, 0.5) is 0 Å². The van der Waals surface area contributed by atoms with E-state index in [0.717, 1.165) is 19.3 Å². The van der Waals surface area contributed by atoms with Gasteiger partial charge in [-0.2, -0.15) is 0 Å². The molecule has 2 heterocycles. The van der Waals surface area contributed by atoms with Gasteiger partial charge in [-0.15, -0.1) is 0 Å². The summed E-state index contributed by atoms with van der Waals surface area (Å²) in [5.74, 6) is -0.706. The number of fused-ring (bicyclic) bond motifs is 2. The molecule has 1 aromatic heterocycles. The van der Waals surface area contributed by atoms with Crippen molar-refractivity contribution in [3.05, 3.63) is 34.8 Å². The molecule has 2 aromatic rings. The van der Waals surface area contributed by atoms with E-state index in [0.29, 0.717) is 24.3 Å². The fourth-order valence-corrected chi connectivity index (χ4v) is 3.58. The summed E-state index contributed by atoms with van der Waals surface area (Å²) in [4.78, 5) is 24.3. The summed E-state index contributed by atoms with van der Waals surface area (Å²) in [7, 11) is 0. The number of hydrogen-bond acceptors (Lipinski definition) is 5. The standard InChI is InChI=1S/C17H20N2O5/c20-16(10-19-12-3-1-2-4-13(12)24-17(19)21)18-11-5-6-14-15(9-11)23-8-7-22-14/h1-4,11,14-15H,5-10H2,(H,18,20). The number of nitrogens with zero attached hydrogens (tertiary/aromatic N) is 1. The Hall–Kier alpha value is -2.12. The molecule has 4 rings (SSSR count). The number of para-hydroxylation sites is 2. The second-order valence-corrected chi connectivity index (χ2v) is 6.32. The highest BCUT2D eigenvalue weighted by Crippen LogP contribution is 2.26. The molecule has 1 amide bonds. The Kier molecular flexibility index (Phi) is 4.12. The van der Waals surface area contributed by atoms with Crippen molar-refractivity contribution in [3.63, 3.8) is 0 Å². The molecule has 3 atom stereocenters. The lowest BCUT2D eigenvalue weighted by Crippen LogP contribution is -2.49. The van der Waals surface area contributed by atoms with Crippen molar-refractivity contribution in [2.75, 3.05) is 13.2 Å². The second-order valence-electron chi connectivity index (χ2n) is 6.32. The Labute approximate surface area is 138 Å². The van der Waals surface area contributed by atoms with Gasteiger partial charge >= 0.3 is 5.76 Å². The third kappa shape index (κ3) is 2.97. The molecule has 128 valence electrons. The Morgan fingerprint density at radius 3 is 2.83 bits per heavy atom. The minimum Gasteiger partial charge on any atom is -0.408 e. The van der Waals surface area contributed by atoms with Gasteiger partial charge in [-0.3, -0.25) is 9.36 Å². The van der Waals surface area contributed by atoms with Gasteiger partial charge in [0.1, 0.15) is 6.54 Å². The molecule has 7 nitrogen and oxygen atoms in total. The number of benzene rings is 1. The molecular formula is C17H20N2O5. The maximum absolute atomic E-state index is 12.4. The predicted molar refractivity (Wildman–Crippen MR) is 85.7 cm³/mol. The highest BCUT2D eigenvalue weighted by Gasteiger charge is 2.34. The molecule has 2 fully saturated rings. The van der Waals surface area contributed by atoms with E-state index < -0.39 is 5.76 Å². The molecule has 3 unspecified atom stereocenters. The average Bonchev–Trinajstić information content (AvgIpc) is 2.90. The summed E-state index contributed by atoms with van der Waals surface area (Å²) >= 11 is 0. The largest absolute Gasteiger partial charge is 0.420 e. The number of oxazole rings is 1. The van der Waals surface area contributed by atoms with Crippen LogP contribution < -0.4 is 11.1 Å². The van der Waals surface area contributed by atoms with Crippen LogP contribution in [0.15, 0.2) is 33.5 Å². The smallest absolute Gasteiger partial charge is 0.408 e. The third-order valence-electron chi connectivity index (χ3n) is 4.72. The zero-order valence-electron chi connectivity index (χ0n) is 13.3. The Balaban J connectivity index is 1.41. The van der Waals surface area contributed by atoms with Crippen LogP contribution in [0.1, 0.15) is 19.3 Å². The van der Waals surface area contributed by atoms with Crippen molar-refractivity contribution >= 4 is 17.0 Å². The Morgan fingerprint density at radius 2 is 1.96 bits per heavy atom. The molecule has 0 spiro atoms. The minimum absolute atomic E-state index is 0.0439. The van der Waals surface area contributed by atoms with Gasteiger partial charge in [0.05, 0.1) is 30.9 Å². The lowest BCUT2D eigenvalue weighted by atomic mass is 9.89. The van der Waals surface area contributed by atoms with Crippen molar-refractivity contribution in [2.45, 2.75) is 44.1 Å². The van der Waals surface area contributed by atoms with E-state index >= 15 is 0 Å². The first-order valence-corrected chi connectivity index (χ1v) is 8.31. The average molecular weight is 332 g/mol. The van der Waals surface area contributed by atoms with Gasteiger partial charge in [0, 0.05) is 6.04 Å². The molecule has 7 heteroatoms. The van der Waals surface area contributed by atoms with Gasteiger partial charge in [0.15, 0.2) is 5.58 Å². The number of ether oxygens (including phenoxy) is 2. The fraction of sp³-hybridized carbons (Fsp3) is 0.529. The number of rotatable bonds is 3. The van der Waals surface area contributed by atoms with E-state index in [9.17, 15) is 9.59 Å². The van der Waals surface area contributed by atoms with Gasteiger partial charge in [0.25, 0.3) is 0 Å². The van der Waals surface area contributed by atoms with Crippen LogP contribution in [0.3, 0.4) is 0 Å². The lowest BCUT2D eigenvalue weighted by molar-refractivity contribution is -0.158. The number of nitrogens with one attached hydrogen (secondary N) is 1. The number of hydrogen-bond donors (Lipinski definition) is 1. The maximum atomic E-state index is 12.4. The molecule has 0 radical (unpaired) electrons. The molecule has 1 N–H and O–H groups in total. The van der Waals surface area contributed by atoms with Crippen molar-refractivity contribution in [2.24, 2.45) is 0 Å². The molecule has 1 saturated carbocycles. The molecule has 1 aromatic carbocycles. The van der Waals surface area contributed by atoms with E-state index in [-0.39, 0.29) is 30.7 Å². The summed E-state index contributed by atoms with van der Waals surface area (Å²) < 4.78 is 17.9. The topological polar surface area (TPSA) is 82.7 Å². The number of carbonyl (C=O) groups excluding carboxylic acids is 1. The van der Waals surface area contributed by atoms with Crippen LogP contribution in [0.25, 0.3) is 11.1 Å². The summed E-state index contributed by atoms with van der Waals surface area (Å²) in [5, 5.41) is 3.01. The Bertz CT molecular complexity index is 796. The first-order valence-electron chi connectivity index (χ1n) is 8.31. The van der Waals surface area contributed by atoms with E-state index in [2.05, 4.69) is 5.32 Å². The van der Waals surface area contributed by atoms with Crippen LogP contribution in [0.5, 0.6) is 0 Å². The molecule has 2 aliphatic rings. The summed E-state index contributed by atoms with van der Waals surface area (Å²) in [6, 6.07) is 7.14. The highest BCUT2D eigenvalue weighted by molar-refractivity contribution is 5.79. The van der Waals surface area contributed by atoms with E-state index in [1.807, 2.05) is 6.07 Å². The van der Waals surface area contributed by atoms with Crippen molar-refractivity contribution in [1.29, 1.82) is 0 Å². The third-order valence-corrected chi connectivity index (χ3v) is 4.72. The highest BCUT2D eigenvalue weighted by atomic mass is 16.6. The maximum Gasteiger partial charge on any atom is 0.420 e. The van der Waals surface area contributed by atoms with Crippen LogP contribution >= 0.6 is 0 Å². The fourth-order valence-electron chi connectivity index (χ4n) is 3.58. The van der Waals surface area contributed by atoms with Crippen LogP contribution in [0, 0.1) is 0 Å². The molecular weight excluding hydrogens is 312 g/mol. The molecule has 0 bridgehead atoms. The monoisotopic (exact) mass is 332 g/mol. The predicted octanol–water partition coefficient (Wildman–Crippen LogP) is 1.05. The van der Waals surface area contributed by atoms with Gasteiger partial charge in [-0.05, 0) is 31.4 Å². The molecule has 1 aliphatic heterocycles. The normalized spacial score (nSPS) is 26.9. The van der Waals surface area contributed by atoms with Crippen molar-refractivity contribution in [1.82, 2.24) is 9.88 Å². The molecule has 1 saturated heterocycles. The van der Waals surface area contributed by atoms with Crippen LogP contribution in [0.2, 0.25) is 0 Å². The SMILES string of the molecule is O=C(Cn1c(=O)oc2ccccc21)NC1CCC2OCCOC2C1. The van der Waals surface area contributed by atoms with E-state index in [4.69, 9.17) is 13.9 Å². The zero-order valence-corrected chi connectivity index (χ0v) is 13.3. The van der Waals surface area contributed by atoms with Gasteiger partial charge in [-0.1, -0.05) is 12.1 Å². The molecule has 24 heavy (non-hydrogen) atoms. The van der Waals surface area contributed by atoms with Crippen LogP contribution in [-0.4, -0.2) is 41.9 Å². The number of amides is 1. The minimum atomic E-state index is -0.515. The quantitative estimate of drug-likeness (QED) is 0.908. The van der Waals surface area contributed by atoms with Gasteiger partial charge < -0.3 is 19.2 Å². The zero-order chi connectivity index (χ0) is 16.5. The van der Waals surface area contributed by atoms with Gasteiger partial charge in [-0.25, -0.2) is 4.79 Å². The van der Waals surface area contributed by atoms with Crippen molar-refractivity contribution in [3.8, 4) is 0 Å². The summed E-state index contributed by atoms with van der Waals surface area (Å²) in [6.07, 6.45) is 2.68. The first-order chi connectivity index (χ1) is 11.7. The summed E-state index contributed by atoms with van der Waals surface area (Å²) in [6.45, 7) is 1.21. The summed E-state index contributed by atoms with van der Waals surface area (Å²) in [5.41, 5.74) is 1.12. The molecule has 1 aliphatic carbocycles. The lowest BCUT2D eigenvalue weighted by Gasteiger charge is -2.39. The Morgan fingerprint density at radius 1 is 1.17 bits per heavy atom. The number of carbonyl (C=O) groups is 1. The van der Waals surface area contributed by atoms with Crippen molar-refractivity contribution < 1.29 is 18.7 Å². The van der Waals surface area contributed by atoms with Crippen LogP contribution in [-0.2, 0) is 20.8 Å². The van der Waals surface area contributed by atoms with Gasteiger partial charge in [0.2, 0.25) is 5.91 Å².